The third-order valence-electron chi connectivity index (χ3n) is 6.53. The number of carbonyl (C=O) groups is 2. The Morgan fingerprint density at radius 1 is 1.23 bits per heavy atom. The van der Waals surface area contributed by atoms with Gasteiger partial charge in [-0.3, -0.25) is 9.69 Å². The number of ketones is 1. The average Bonchev–Trinajstić information content (AvgIpc) is 3.64. The normalized spacial score (nSPS) is 16.0. The number of oxazole rings is 1. The summed E-state index contributed by atoms with van der Waals surface area (Å²) in [6, 6.07) is 8.08. The molecule has 2 aromatic heterocycles. The van der Waals surface area contributed by atoms with Gasteiger partial charge in [-0.05, 0) is 45.7 Å². The molecule has 1 amide bonds. The number of imidazole rings is 1. The van der Waals surface area contributed by atoms with Crippen molar-refractivity contribution in [1.29, 1.82) is 0 Å². The van der Waals surface area contributed by atoms with Crippen molar-refractivity contribution in [3.05, 3.63) is 48.0 Å². The van der Waals surface area contributed by atoms with Gasteiger partial charge in [0, 0.05) is 38.5 Å². The lowest BCUT2D eigenvalue weighted by molar-refractivity contribution is 0.0204. The fraction of sp³-hybridized carbons (Fsp3) is 0.517. The molecule has 11 heteroatoms. The lowest BCUT2D eigenvalue weighted by atomic mass is 10.1. The van der Waals surface area contributed by atoms with Gasteiger partial charge in [0.2, 0.25) is 5.89 Å². The molecule has 4 rings (SSSR count). The molecule has 0 saturated carbocycles. The van der Waals surface area contributed by atoms with E-state index in [1.807, 2.05) is 43.7 Å². The highest BCUT2D eigenvalue weighted by Gasteiger charge is 2.36. The van der Waals surface area contributed by atoms with Crippen molar-refractivity contribution in [2.45, 2.75) is 77.7 Å². The van der Waals surface area contributed by atoms with E-state index in [4.69, 9.17) is 18.9 Å². The van der Waals surface area contributed by atoms with E-state index in [2.05, 4.69) is 40.6 Å². The first kappa shape index (κ1) is 30.2. The van der Waals surface area contributed by atoms with Gasteiger partial charge in [-0.2, -0.15) is 0 Å². The number of hydrogen-bond acceptors (Lipinski definition) is 7. The lowest BCUT2D eigenvalue weighted by Crippen LogP contribution is -2.37. The molecule has 1 aromatic carbocycles. The quantitative estimate of drug-likeness (QED) is 0.101. The Morgan fingerprint density at radius 2 is 2.00 bits per heavy atom. The molecule has 40 heavy (non-hydrogen) atoms. The summed E-state index contributed by atoms with van der Waals surface area (Å²) in [7, 11) is -1.24. The number of ether oxygens (including phenoxy) is 2. The van der Waals surface area contributed by atoms with Crippen LogP contribution in [0.1, 0.15) is 55.8 Å². The van der Waals surface area contributed by atoms with Crippen LogP contribution in [0.15, 0.2) is 41.1 Å². The molecule has 0 bridgehead atoms. The molecular weight excluding hydrogens is 592 g/mol. The first-order valence-corrected chi connectivity index (χ1v) is 18.5. The minimum Gasteiger partial charge on any atom is -0.444 e. The largest absolute Gasteiger partial charge is 0.444 e. The zero-order valence-corrected chi connectivity index (χ0v) is 26.8. The highest BCUT2D eigenvalue weighted by Crippen LogP contribution is 2.35. The zero-order valence-electron chi connectivity index (χ0n) is 24.2. The van der Waals surface area contributed by atoms with E-state index in [1.165, 1.54) is 0 Å². The van der Waals surface area contributed by atoms with E-state index in [0.717, 1.165) is 30.3 Å². The van der Waals surface area contributed by atoms with Crippen LogP contribution in [0.3, 0.4) is 0 Å². The fourth-order valence-electron chi connectivity index (χ4n) is 4.47. The van der Waals surface area contributed by atoms with Crippen LogP contribution in [0, 0.1) is 0 Å². The molecule has 0 aliphatic carbocycles. The maximum atomic E-state index is 13.0. The second kappa shape index (κ2) is 12.4. The number of alkyl halides is 1. The minimum atomic E-state index is -1.24. The van der Waals surface area contributed by atoms with Gasteiger partial charge in [-0.25, -0.2) is 14.8 Å². The molecule has 1 aliphatic rings. The van der Waals surface area contributed by atoms with Crippen molar-refractivity contribution >= 4 is 35.9 Å². The summed E-state index contributed by atoms with van der Waals surface area (Å²) in [6.45, 7) is 14.1. The summed E-state index contributed by atoms with van der Waals surface area (Å²) in [5.74, 6) is 1.61. The summed E-state index contributed by atoms with van der Waals surface area (Å²) in [5, 5.41) is 0.250. The van der Waals surface area contributed by atoms with Gasteiger partial charge < -0.3 is 18.5 Å². The predicted molar refractivity (Wildman–Crippen MR) is 160 cm³/mol. The summed E-state index contributed by atoms with van der Waals surface area (Å²) in [4.78, 5) is 36.4. The topological polar surface area (TPSA) is 99.7 Å². The van der Waals surface area contributed by atoms with Crippen LogP contribution in [0.2, 0.25) is 25.7 Å². The Hall–Kier alpha value is -2.76. The minimum absolute atomic E-state index is 0.00907. The highest BCUT2D eigenvalue weighted by molar-refractivity contribution is 9.09. The summed E-state index contributed by atoms with van der Waals surface area (Å²) >= 11 is 3.23. The van der Waals surface area contributed by atoms with Crippen LogP contribution >= 0.6 is 15.9 Å². The van der Waals surface area contributed by atoms with Gasteiger partial charge in [0.15, 0.2) is 11.5 Å². The number of Topliss-reactive ketones (excluding diaryl/α,β-unsaturated/α-hetero) is 1. The molecule has 0 spiro atoms. The van der Waals surface area contributed by atoms with Crippen molar-refractivity contribution in [2.24, 2.45) is 0 Å². The van der Waals surface area contributed by atoms with Gasteiger partial charge in [-0.1, -0.05) is 53.8 Å². The number of hydrogen-bond donors (Lipinski definition) is 0. The van der Waals surface area contributed by atoms with Crippen LogP contribution in [-0.2, 0) is 16.2 Å². The first-order chi connectivity index (χ1) is 18.8. The van der Waals surface area contributed by atoms with Gasteiger partial charge in [0.25, 0.3) is 0 Å². The Bertz CT molecular complexity index is 1340. The molecule has 1 saturated heterocycles. The Balaban J connectivity index is 1.63. The molecule has 1 atom stereocenters. The number of nitrogens with zero attached hydrogens (tertiary/aromatic N) is 4. The van der Waals surface area contributed by atoms with Crippen LogP contribution in [0.5, 0.6) is 0 Å². The van der Waals surface area contributed by atoms with Gasteiger partial charge in [0.05, 0.1) is 17.6 Å². The Morgan fingerprint density at radius 3 is 2.70 bits per heavy atom. The standard InChI is InChI=1S/C29H39BrN4O5Si/c1-29(2,3)39-28(36)34-12-8-11-23(34)26-32-22(18-33(26)19-37-13-14-40(4,5)6)27-31-17-25(38-27)21-10-7-9-20(15-21)24(35)16-30/h7,9-10,15,17-18,23H,8,11-14,16,19H2,1-6H3/t23-/m0/s1. The molecule has 3 heterocycles. The number of amides is 1. The third-order valence-corrected chi connectivity index (χ3v) is 8.74. The SMILES string of the molecule is CC(C)(C)OC(=O)N1CCC[C@H]1c1nc(-c2ncc(-c3cccc(C(=O)CBr)c3)o2)cn1COCC[Si](C)(C)C. The third kappa shape index (κ3) is 7.70. The van der Waals surface area contributed by atoms with Crippen molar-refractivity contribution in [1.82, 2.24) is 19.4 Å². The van der Waals surface area contributed by atoms with E-state index >= 15 is 0 Å². The molecule has 0 radical (unpaired) electrons. The molecule has 9 nitrogen and oxygen atoms in total. The molecule has 0 unspecified atom stereocenters. The number of likely N-dealkylation sites (tertiary alicyclic amines) is 1. The fourth-order valence-corrected chi connectivity index (χ4v) is 5.55. The molecule has 216 valence electrons. The van der Waals surface area contributed by atoms with E-state index in [9.17, 15) is 9.59 Å². The number of halogens is 1. The summed E-state index contributed by atoms with van der Waals surface area (Å²) in [6.07, 6.45) is 4.79. The molecule has 1 aliphatic heterocycles. The maximum absolute atomic E-state index is 13.0. The monoisotopic (exact) mass is 630 g/mol. The predicted octanol–water partition coefficient (Wildman–Crippen LogP) is 7.17. The number of benzene rings is 1. The van der Waals surface area contributed by atoms with Crippen LogP contribution in [-0.4, -0.2) is 63.5 Å². The molecule has 3 aromatic rings. The van der Waals surface area contributed by atoms with Crippen molar-refractivity contribution in [3.8, 4) is 22.9 Å². The number of aromatic nitrogens is 3. The van der Waals surface area contributed by atoms with E-state index in [0.29, 0.717) is 42.8 Å². The molecule has 1 fully saturated rings. The van der Waals surface area contributed by atoms with Gasteiger partial charge in [-0.15, -0.1) is 0 Å². The number of carbonyl (C=O) groups excluding carboxylic acids is 2. The smallest absolute Gasteiger partial charge is 0.410 e. The Kier molecular flexibility index (Phi) is 9.36. The zero-order chi connectivity index (χ0) is 29.1. The van der Waals surface area contributed by atoms with Crippen LogP contribution in [0.4, 0.5) is 4.79 Å². The number of rotatable bonds is 10. The summed E-state index contributed by atoms with van der Waals surface area (Å²) < 4.78 is 19.8. The van der Waals surface area contributed by atoms with Crippen molar-refractivity contribution in [3.63, 3.8) is 0 Å². The van der Waals surface area contributed by atoms with Gasteiger partial charge >= 0.3 is 6.09 Å². The maximum Gasteiger partial charge on any atom is 0.410 e. The average molecular weight is 632 g/mol. The second-order valence-electron chi connectivity index (χ2n) is 12.3. The van der Waals surface area contributed by atoms with Gasteiger partial charge in [0.1, 0.15) is 23.9 Å². The summed E-state index contributed by atoms with van der Waals surface area (Å²) in [5.41, 5.74) is 1.32. The molecular formula is C29H39BrN4O5Si. The van der Waals surface area contributed by atoms with Crippen LogP contribution in [0.25, 0.3) is 22.9 Å². The second-order valence-corrected chi connectivity index (χ2v) is 18.5. The lowest BCUT2D eigenvalue weighted by Gasteiger charge is -2.28. The molecule has 0 N–H and O–H groups in total. The first-order valence-electron chi connectivity index (χ1n) is 13.6. The van der Waals surface area contributed by atoms with E-state index < -0.39 is 13.7 Å². The van der Waals surface area contributed by atoms with E-state index in [1.54, 1.807) is 23.2 Å². The Labute approximate surface area is 245 Å². The van der Waals surface area contributed by atoms with Crippen LogP contribution < -0.4 is 0 Å². The highest BCUT2D eigenvalue weighted by atomic mass is 79.9. The van der Waals surface area contributed by atoms with Crippen molar-refractivity contribution < 1.29 is 23.5 Å². The van der Waals surface area contributed by atoms with Crippen molar-refractivity contribution in [2.75, 3.05) is 18.5 Å². The van der Waals surface area contributed by atoms with E-state index in [-0.39, 0.29) is 23.2 Å².